The summed E-state index contributed by atoms with van der Waals surface area (Å²) in [6, 6.07) is 8.29. The molecule has 0 atom stereocenters. The third-order valence-corrected chi connectivity index (χ3v) is 4.93. The summed E-state index contributed by atoms with van der Waals surface area (Å²) in [5.74, 6) is 0.682. The number of ether oxygens (including phenoxy) is 1. The van der Waals surface area contributed by atoms with Gasteiger partial charge in [0, 0.05) is 4.47 Å². The van der Waals surface area contributed by atoms with Crippen LogP contribution in [0.2, 0.25) is 15.1 Å². The molecule has 7 heteroatoms. The predicted octanol–water partition coefficient (Wildman–Crippen LogP) is 7.09. The lowest BCUT2D eigenvalue weighted by atomic mass is 10.1. The number of hydrogen-bond donors (Lipinski definition) is 1. The number of nitrogens with one attached hydrogen (secondary N) is 1. The van der Waals surface area contributed by atoms with Crippen molar-refractivity contribution in [2.75, 3.05) is 11.9 Å². The standard InChI is InChI=1S/C18H17BrCl3NO2/c1-10(2)5-6-25-17-4-3-11(19)7-12(17)18(24)23-16-9-14(21)13(20)8-15(16)22/h3-4,7-10H,5-6H2,1-2H3,(H,23,24). The minimum atomic E-state index is -0.346. The van der Waals surface area contributed by atoms with Gasteiger partial charge in [-0.1, -0.05) is 64.6 Å². The highest BCUT2D eigenvalue weighted by Crippen LogP contribution is 2.33. The van der Waals surface area contributed by atoms with Crippen molar-refractivity contribution in [2.24, 2.45) is 5.92 Å². The van der Waals surface area contributed by atoms with Gasteiger partial charge in [-0.05, 0) is 42.7 Å². The van der Waals surface area contributed by atoms with Crippen molar-refractivity contribution in [3.63, 3.8) is 0 Å². The molecule has 134 valence electrons. The molecule has 0 bridgehead atoms. The molecule has 2 aromatic rings. The molecular weight excluding hydrogens is 448 g/mol. The van der Waals surface area contributed by atoms with E-state index >= 15 is 0 Å². The Morgan fingerprint density at radius 1 is 1.12 bits per heavy atom. The Morgan fingerprint density at radius 3 is 2.48 bits per heavy atom. The van der Waals surface area contributed by atoms with Gasteiger partial charge in [-0.2, -0.15) is 0 Å². The van der Waals surface area contributed by atoms with Gasteiger partial charge in [0.05, 0.1) is 32.9 Å². The fraction of sp³-hybridized carbons (Fsp3) is 0.278. The van der Waals surface area contributed by atoms with E-state index in [1.807, 2.05) is 6.07 Å². The second-order valence-electron chi connectivity index (χ2n) is 5.87. The molecule has 25 heavy (non-hydrogen) atoms. The van der Waals surface area contributed by atoms with Gasteiger partial charge in [-0.25, -0.2) is 0 Å². The molecule has 2 aromatic carbocycles. The number of benzene rings is 2. The highest BCUT2D eigenvalue weighted by molar-refractivity contribution is 9.10. The van der Waals surface area contributed by atoms with Crippen LogP contribution in [0, 0.1) is 5.92 Å². The van der Waals surface area contributed by atoms with Crippen molar-refractivity contribution >= 4 is 62.3 Å². The summed E-state index contributed by atoms with van der Waals surface area (Å²) in [6.45, 7) is 4.77. The van der Waals surface area contributed by atoms with Crippen molar-refractivity contribution in [3.8, 4) is 5.75 Å². The summed E-state index contributed by atoms with van der Waals surface area (Å²) >= 11 is 21.4. The summed E-state index contributed by atoms with van der Waals surface area (Å²) in [4.78, 5) is 12.7. The second kappa shape index (κ2) is 9.13. The summed E-state index contributed by atoms with van der Waals surface area (Å²) in [6.07, 6.45) is 0.899. The zero-order valence-corrected chi connectivity index (χ0v) is 17.6. The van der Waals surface area contributed by atoms with Crippen LogP contribution in [0.25, 0.3) is 0 Å². The van der Waals surface area contributed by atoms with Crippen molar-refractivity contribution < 1.29 is 9.53 Å². The van der Waals surface area contributed by atoms with Gasteiger partial charge in [0.2, 0.25) is 0 Å². The maximum atomic E-state index is 12.7. The molecule has 3 nitrogen and oxygen atoms in total. The molecule has 0 aliphatic heterocycles. The van der Waals surface area contributed by atoms with E-state index in [4.69, 9.17) is 39.5 Å². The molecule has 0 radical (unpaired) electrons. The van der Waals surface area contributed by atoms with E-state index in [-0.39, 0.29) is 5.91 Å². The molecule has 0 spiro atoms. The average molecular weight is 466 g/mol. The summed E-state index contributed by atoms with van der Waals surface area (Å²) in [5, 5.41) is 3.69. The molecule has 0 unspecified atom stereocenters. The van der Waals surface area contributed by atoms with Crippen molar-refractivity contribution in [1.29, 1.82) is 0 Å². The zero-order chi connectivity index (χ0) is 18.6. The van der Waals surface area contributed by atoms with Gasteiger partial charge < -0.3 is 10.1 Å². The molecule has 0 aliphatic rings. The van der Waals surface area contributed by atoms with Gasteiger partial charge >= 0.3 is 0 Å². The largest absolute Gasteiger partial charge is 0.493 e. The molecule has 1 amide bonds. The first-order valence-electron chi connectivity index (χ1n) is 7.66. The third kappa shape index (κ3) is 5.78. The van der Waals surface area contributed by atoms with Crippen LogP contribution in [-0.2, 0) is 0 Å². The highest BCUT2D eigenvalue weighted by Gasteiger charge is 2.16. The van der Waals surface area contributed by atoms with Gasteiger partial charge in [-0.3, -0.25) is 4.79 Å². The third-order valence-electron chi connectivity index (χ3n) is 3.40. The first-order valence-corrected chi connectivity index (χ1v) is 9.59. The van der Waals surface area contributed by atoms with Crippen LogP contribution in [0.15, 0.2) is 34.8 Å². The smallest absolute Gasteiger partial charge is 0.259 e. The van der Waals surface area contributed by atoms with Gasteiger partial charge in [0.1, 0.15) is 5.75 Å². The first-order chi connectivity index (χ1) is 11.8. The van der Waals surface area contributed by atoms with Crippen molar-refractivity contribution in [3.05, 3.63) is 55.4 Å². The summed E-state index contributed by atoms with van der Waals surface area (Å²) in [7, 11) is 0. The van der Waals surface area contributed by atoms with Crippen LogP contribution < -0.4 is 10.1 Å². The SMILES string of the molecule is CC(C)CCOc1ccc(Br)cc1C(=O)Nc1cc(Cl)c(Cl)cc1Cl. The van der Waals surface area contributed by atoms with Crippen molar-refractivity contribution in [1.82, 2.24) is 0 Å². The minimum absolute atomic E-state index is 0.306. The number of hydrogen-bond acceptors (Lipinski definition) is 2. The molecule has 0 saturated carbocycles. The molecule has 0 heterocycles. The number of amides is 1. The van der Waals surface area contributed by atoms with E-state index in [1.165, 1.54) is 12.1 Å². The Morgan fingerprint density at radius 2 is 1.80 bits per heavy atom. The predicted molar refractivity (Wildman–Crippen MR) is 109 cm³/mol. The lowest BCUT2D eigenvalue weighted by Gasteiger charge is -2.14. The molecule has 0 fully saturated rings. The maximum Gasteiger partial charge on any atom is 0.259 e. The summed E-state index contributed by atoms with van der Waals surface area (Å²) < 4.78 is 6.55. The van der Waals surface area contributed by atoms with E-state index in [2.05, 4.69) is 35.1 Å². The Kier molecular flexibility index (Phi) is 7.44. The average Bonchev–Trinajstić information content (AvgIpc) is 2.53. The van der Waals surface area contributed by atoms with E-state index in [1.54, 1.807) is 12.1 Å². The van der Waals surface area contributed by atoms with Crippen molar-refractivity contribution in [2.45, 2.75) is 20.3 Å². The molecule has 0 aliphatic carbocycles. The Hall–Kier alpha value is -0.940. The lowest BCUT2D eigenvalue weighted by molar-refractivity contribution is 0.102. The highest BCUT2D eigenvalue weighted by atomic mass is 79.9. The molecular formula is C18H17BrCl3NO2. The minimum Gasteiger partial charge on any atom is -0.493 e. The van der Waals surface area contributed by atoms with Crippen LogP contribution in [0.5, 0.6) is 5.75 Å². The van der Waals surface area contributed by atoms with E-state index in [0.717, 1.165) is 10.9 Å². The lowest BCUT2D eigenvalue weighted by Crippen LogP contribution is -2.14. The molecule has 0 saturated heterocycles. The van der Waals surface area contributed by atoms with Gasteiger partial charge in [0.15, 0.2) is 0 Å². The topological polar surface area (TPSA) is 38.3 Å². The number of carbonyl (C=O) groups excluding carboxylic acids is 1. The fourth-order valence-electron chi connectivity index (χ4n) is 2.02. The number of carbonyl (C=O) groups is 1. The molecule has 2 rings (SSSR count). The zero-order valence-electron chi connectivity index (χ0n) is 13.7. The maximum absolute atomic E-state index is 12.7. The van der Waals surface area contributed by atoms with E-state index in [9.17, 15) is 4.79 Å². The van der Waals surface area contributed by atoms with Crippen LogP contribution in [0.3, 0.4) is 0 Å². The summed E-state index contributed by atoms with van der Waals surface area (Å²) in [5.41, 5.74) is 0.787. The number of anilines is 1. The Labute approximate surface area is 170 Å². The van der Waals surface area contributed by atoms with Gasteiger partial charge in [-0.15, -0.1) is 0 Å². The number of rotatable bonds is 6. The monoisotopic (exact) mass is 463 g/mol. The van der Waals surface area contributed by atoms with Crippen LogP contribution >= 0.6 is 50.7 Å². The Bertz CT molecular complexity index is 781. The quantitative estimate of drug-likeness (QED) is 0.463. The Balaban J connectivity index is 2.23. The second-order valence-corrected chi connectivity index (χ2v) is 8.01. The number of halogens is 4. The normalized spacial score (nSPS) is 10.8. The van der Waals surface area contributed by atoms with Crippen LogP contribution in [0.4, 0.5) is 5.69 Å². The van der Waals surface area contributed by atoms with Gasteiger partial charge in [0.25, 0.3) is 5.91 Å². The van der Waals surface area contributed by atoms with E-state index < -0.39 is 0 Å². The van der Waals surface area contributed by atoms with E-state index in [0.29, 0.717) is 44.6 Å². The first kappa shape index (κ1) is 20.4. The molecule has 1 N–H and O–H groups in total. The van der Waals surface area contributed by atoms with Crippen LogP contribution in [0.1, 0.15) is 30.6 Å². The molecule has 0 aromatic heterocycles. The van der Waals surface area contributed by atoms with Crippen LogP contribution in [-0.4, -0.2) is 12.5 Å². The fourth-order valence-corrected chi connectivity index (χ4v) is 2.97.